The zero-order valence-electron chi connectivity index (χ0n) is 31.3. The molecule has 3 aliphatic heterocycles. The van der Waals surface area contributed by atoms with Crippen molar-refractivity contribution in [1.82, 2.24) is 47.9 Å². The number of nitrogens with one attached hydrogen (secondary N) is 9. The van der Waals surface area contributed by atoms with Crippen LogP contribution < -0.4 is 47.9 Å². The number of carbonyl (C=O) groups is 1. The van der Waals surface area contributed by atoms with Crippen molar-refractivity contribution in [2.24, 2.45) is 23.2 Å². The van der Waals surface area contributed by atoms with Gasteiger partial charge < -0.3 is 52.6 Å². The van der Waals surface area contributed by atoms with Crippen molar-refractivity contribution in [3.8, 4) is 11.8 Å². The van der Waals surface area contributed by atoms with Gasteiger partial charge >= 0.3 is 6.09 Å². The third-order valence-corrected chi connectivity index (χ3v) is 11.3. The Labute approximate surface area is 309 Å². The Bertz CT molecular complexity index is 976. The van der Waals surface area contributed by atoms with Gasteiger partial charge in [0.15, 0.2) is 5.11 Å². The molecule has 5 rings (SSSR count). The molecular weight excluding hydrogens is 647 g/mol. The van der Waals surface area contributed by atoms with E-state index in [1.54, 1.807) is 0 Å². The Morgan fingerprint density at radius 3 is 1.56 bits per heavy atom. The van der Waals surface area contributed by atoms with Crippen molar-refractivity contribution in [3.63, 3.8) is 0 Å². The molecule has 9 N–H and O–H groups in total. The minimum Gasteiger partial charge on any atom is -0.449 e. The maximum atomic E-state index is 12.1. The first-order valence-electron chi connectivity index (χ1n) is 20.2. The zero-order chi connectivity index (χ0) is 35.2. The number of thiocarbonyl (C=S) groups is 1. The maximum absolute atomic E-state index is 12.1. The van der Waals surface area contributed by atoms with E-state index in [1.165, 1.54) is 51.4 Å². The van der Waals surface area contributed by atoms with Crippen LogP contribution >= 0.6 is 12.2 Å². The average molecular weight is 718 g/mol. The molecule has 0 radical (unpaired) electrons. The summed E-state index contributed by atoms with van der Waals surface area (Å²) in [5, 5.41) is 33.0. The number of hydrogen-bond acceptors (Lipinski definition) is 9. The number of ether oxygens (including phenoxy) is 1. The van der Waals surface area contributed by atoms with Gasteiger partial charge in [0.25, 0.3) is 0 Å². The molecule has 286 valence electrons. The van der Waals surface area contributed by atoms with Crippen molar-refractivity contribution in [2.45, 2.75) is 95.9 Å². The van der Waals surface area contributed by atoms with Crippen LogP contribution in [0.3, 0.4) is 0 Å². The molecule has 2 bridgehead atoms. The van der Waals surface area contributed by atoms with Crippen molar-refractivity contribution in [1.29, 1.82) is 0 Å². The molecule has 0 spiro atoms. The Balaban J connectivity index is 0.995. The van der Waals surface area contributed by atoms with Crippen LogP contribution in [0.15, 0.2) is 0 Å². The number of unbranched alkanes of at least 4 members (excludes halogenated alkanes) is 8. The van der Waals surface area contributed by atoms with E-state index in [9.17, 15) is 4.79 Å². The molecule has 0 aromatic carbocycles. The summed E-state index contributed by atoms with van der Waals surface area (Å²) in [4.78, 5) is 12.1. The molecule has 3 atom stereocenters. The number of hydrogen-bond donors (Lipinski definition) is 9. The largest absolute Gasteiger partial charge is 0.449 e. The van der Waals surface area contributed by atoms with Crippen LogP contribution in [0.1, 0.15) is 90.4 Å². The summed E-state index contributed by atoms with van der Waals surface area (Å²) in [7, 11) is 0. The van der Waals surface area contributed by atoms with E-state index in [1.807, 2.05) is 0 Å². The number of amides is 1. The summed E-state index contributed by atoms with van der Waals surface area (Å²) in [5.74, 6) is 8.48. The van der Waals surface area contributed by atoms with Gasteiger partial charge in [0.05, 0.1) is 12.1 Å². The molecule has 3 saturated heterocycles. The quantitative estimate of drug-likeness (QED) is 0.0703. The third kappa shape index (κ3) is 16.3. The lowest BCUT2D eigenvalue weighted by Gasteiger charge is -2.38. The minimum absolute atomic E-state index is 0.181. The van der Waals surface area contributed by atoms with Gasteiger partial charge in [-0.1, -0.05) is 51.9 Å². The minimum atomic E-state index is -0.245. The molecule has 50 heavy (non-hydrogen) atoms. The highest BCUT2D eigenvalue weighted by atomic mass is 32.1. The second-order valence-corrected chi connectivity index (χ2v) is 16.1. The summed E-state index contributed by atoms with van der Waals surface area (Å²) in [6, 6.07) is 0. The van der Waals surface area contributed by atoms with Crippen molar-refractivity contribution >= 4 is 23.4 Å². The second-order valence-electron chi connectivity index (χ2n) is 15.7. The number of carbonyl (C=O) groups excluding carboxylic acids is 1. The molecule has 2 aliphatic carbocycles. The summed E-state index contributed by atoms with van der Waals surface area (Å²) in [6.45, 7) is 15.6. The molecule has 0 aromatic heterocycles. The Morgan fingerprint density at radius 1 is 0.660 bits per heavy atom. The monoisotopic (exact) mass is 718 g/mol. The average Bonchev–Trinajstić information content (AvgIpc) is 3.74. The molecule has 1 amide bonds. The lowest BCUT2D eigenvalue weighted by Crippen LogP contribution is -2.67. The van der Waals surface area contributed by atoms with Gasteiger partial charge in [-0.3, -0.25) is 0 Å². The van der Waals surface area contributed by atoms with Crippen LogP contribution in [-0.4, -0.2) is 115 Å². The highest BCUT2D eigenvalue weighted by molar-refractivity contribution is 7.80. The number of fused-ring (bicyclic) bond motifs is 16. The zero-order valence-corrected chi connectivity index (χ0v) is 32.1. The van der Waals surface area contributed by atoms with E-state index in [-0.39, 0.29) is 17.0 Å². The normalized spacial score (nSPS) is 29.4. The highest BCUT2D eigenvalue weighted by Crippen LogP contribution is 2.52. The third-order valence-electron chi connectivity index (χ3n) is 11.0. The predicted molar refractivity (Wildman–Crippen MR) is 209 cm³/mol. The van der Waals surface area contributed by atoms with Gasteiger partial charge in [-0.2, -0.15) is 0 Å². The molecule has 12 heteroatoms. The fraction of sp³-hybridized carbons (Fsp3) is 0.895. The molecular formula is C38H71N9O2S. The van der Waals surface area contributed by atoms with Gasteiger partial charge in [-0.25, -0.2) is 4.79 Å². The van der Waals surface area contributed by atoms with Crippen molar-refractivity contribution in [2.75, 3.05) is 98.2 Å². The van der Waals surface area contributed by atoms with E-state index in [4.69, 9.17) is 17.0 Å². The first kappa shape index (κ1) is 41.0. The first-order valence-corrected chi connectivity index (χ1v) is 20.6. The molecule has 4 fully saturated rings. The molecule has 0 aromatic rings. The van der Waals surface area contributed by atoms with Crippen LogP contribution in [-0.2, 0) is 4.74 Å². The van der Waals surface area contributed by atoms with Gasteiger partial charge in [0.2, 0.25) is 0 Å². The standard InChI is InChI=1S/C38H71N9O2S/c1-37-26-39-19-22-42-29-38(30-43-23-20-40-27-37,31-44-24-21-41-28-37)47-35(50)45-17-13-9-5-3-2-4-6-10-14-18-46-36(48)49-25-34-32-15-11-7-8-12-16-33(32)34/h32-34,39-44H,2-6,9-31H2,1H3,(H,46,48)(H2,45,47,50)/t32-,33+,34?,37?,38?. The lowest BCUT2D eigenvalue weighted by atomic mass is 9.90. The van der Waals surface area contributed by atoms with E-state index >= 15 is 0 Å². The van der Waals surface area contributed by atoms with E-state index in [0.29, 0.717) is 19.1 Å². The van der Waals surface area contributed by atoms with E-state index in [2.05, 4.69) is 66.6 Å². The van der Waals surface area contributed by atoms with Crippen molar-refractivity contribution < 1.29 is 9.53 Å². The van der Waals surface area contributed by atoms with Crippen LogP contribution in [0.2, 0.25) is 0 Å². The number of alkyl carbamates (subject to hydrolysis) is 1. The smallest absolute Gasteiger partial charge is 0.407 e. The van der Waals surface area contributed by atoms with E-state index in [0.717, 1.165) is 134 Å². The van der Waals surface area contributed by atoms with Crippen LogP contribution in [0.5, 0.6) is 0 Å². The maximum Gasteiger partial charge on any atom is 0.407 e. The van der Waals surface area contributed by atoms with Crippen molar-refractivity contribution in [3.05, 3.63) is 0 Å². The van der Waals surface area contributed by atoms with Gasteiger partial charge in [0.1, 0.15) is 0 Å². The Kier molecular flexibility index (Phi) is 19.5. The molecule has 1 unspecified atom stereocenters. The van der Waals surface area contributed by atoms with Crippen LogP contribution in [0.4, 0.5) is 4.79 Å². The Morgan fingerprint density at radius 2 is 1.08 bits per heavy atom. The van der Waals surface area contributed by atoms with Gasteiger partial charge in [-0.15, -0.1) is 11.8 Å². The molecule has 3 heterocycles. The number of rotatable bonds is 15. The fourth-order valence-corrected chi connectivity index (χ4v) is 8.18. The molecule has 5 aliphatic rings. The Hall–Kier alpha value is -1.72. The predicted octanol–water partition coefficient (Wildman–Crippen LogP) is 2.44. The molecule has 1 saturated carbocycles. The molecule has 11 nitrogen and oxygen atoms in total. The summed E-state index contributed by atoms with van der Waals surface area (Å²) >= 11 is 5.82. The van der Waals surface area contributed by atoms with Gasteiger partial charge in [0, 0.05) is 110 Å². The van der Waals surface area contributed by atoms with Crippen LogP contribution in [0.25, 0.3) is 0 Å². The first-order chi connectivity index (χ1) is 24.5. The van der Waals surface area contributed by atoms with E-state index < -0.39 is 0 Å². The highest BCUT2D eigenvalue weighted by Gasteiger charge is 2.49. The topological polar surface area (TPSA) is 135 Å². The SMILES string of the molecule is CC12CNCCNCC(NC(=S)NCCCCCCCCCCCNC(=O)OCC3[C@H]4CCC#CCC[C@@H]34)(CNCCNC1)CNCCNC2. The summed E-state index contributed by atoms with van der Waals surface area (Å²) in [6.07, 6.45) is 15.0. The lowest BCUT2D eigenvalue weighted by molar-refractivity contribution is 0.137. The fourth-order valence-electron chi connectivity index (χ4n) is 7.86. The van der Waals surface area contributed by atoms with Crippen LogP contribution in [0, 0.1) is 35.0 Å². The summed E-state index contributed by atoms with van der Waals surface area (Å²) < 4.78 is 5.53. The van der Waals surface area contributed by atoms with Gasteiger partial charge in [-0.05, 0) is 55.7 Å². The second kappa shape index (κ2) is 23.8. The summed E-state index contributed by atoms with van der Waals surface area (Å²) in [5.41, 5.74) is -0.0444.